The van der Waals surface area contributed by atoms with Crippen LogP contribution in [0.1, 0.15) is 43.0 Å². The van der Waals surface area contributed by atoms with Crippen molar-refractivity contribution in [2.75, 3.05) is 24.6 Å². The van der Waals surface area contributed by atoms with Crippen molar-refractivity contribution in [3.05, 3.63) is 53.8 Å². The minimum Gasteiger partial charge on any atom is -0.462 e. The van der Waals surface area contributed by atoms with Gasteiger partial charge in [-0.15, -0.1) is 0 Å². The highest BCUT2D eigenvalue weighted by molar-refractivity contribution is 5.94. The van der Waals surface area contributed by atoms with E-state index in [1.165, 1.54) is 12.1 Å². The molecule has 0 amide bonds. The molecule has 4 rings (SSSR count). The first-order chi connectivity index (χ1) is 14.2. The number of aromatic nitrogens is 2. The fraction of sp³-hybridized carbons (Fsp3) is 0.348. The van der Waals surface area contributed by atoms with Crippen LogP contribution in [0.15, 0.2) is 42.5 Å². The summed E-state index contributed by atoms with van der Waals surface area (Å²) < 4.78 is 18.7. The molecule has 1 fully saturated rings. The average Bonchev–Trinajstić information content (AvgIpc) is 3.28. The van der Waals surface area contributed by atoms with Gasteiger partial charge < -0.3 is 9.64 Å². The smallest absolute Gasteiger partial charge is 0.338 e. The number of benzene rings is 2. The van der Waals surface area contributed by atoms with Gasteiger partial charge in [0.1, 0.15) is 11.5 Å². The summed E-state index contributed by atoms with van der Waals surface area (Å²) in [7, 11) is 0. The molecule has 0 saturated carbocycles. The summed E-state index contributed by atoms with van der Waals surface area (Å²) in [5, 5.41) is 0. The second kappa shape index (κ2) is 8.55. The van der Waals surface area contributed by atoms with Gasteiger partial charge in [0.2, 0.25) is 0 Å². The highest BCUT2D eigenvalue weighted by atomic mass is 19.1. The monoisotopic (exact) mass is 393 g/mol. The molecule has 29 heavy (non-hydrogen) atoms. The quantitative estimate of drug-likeness (QED) is 0.436. The second-order valence-electron chi connectivity index (χ2n) is 7.29. The standard InChI is InChI=1S/C23H24FN3O2/c1-2-3-14-29-23(28)17-8-11-19-20(15-17)26-22(27-12-4-5-13-27)21(25-19)16-6-9-18(24)10-7-16/h6-11,15H,2-5,12-14H2,1H3. The predicted octanol–water partition coefficient (Wildman–Crippen LogP) is 4.99. The molecule has 2 heterocycles. The van der Waals surface area contributed by atoms with Crippen LogP contribution < -0.4 is 4.90 Å². The number of esters is 1. The van der Waals surface area contributed by atoms with Crippen molar-refractivity contribution in [2.45, 2.75) is 32.6 Å². The Bertz CT molecular complexity index is 1010. The van der Waals surface area contributed by atoms with E-state index in [0.717, 1.165) is 55.8 Å². The van der Waals surface area contributed by atoms with E-state index >= 15 is 0 Å². The molecule has 5 nitrogen and oxygen atoms in total. The number of fused-ring (bicyclic) bond motifs is 1. The molecule has 1 saturated heterocycles. The minimum absolute atomic E-state index is 0.281. The first kappa shape index (κ1) is 19.3. The summed E-state index contributed by atoms with van der Waals surface area (Å²) >= 11 is 0. The molecular formula is C23H24FN3O2. The van der Waals surface area contributed by atoms with Crippen molar-refractivity contribution < 1.29 is 13.9 Å². The van der Waals surface area contributed by atoms with Crippen LogP contribution in [-0.2, 0) is 4.74 Å². The largest absolute Gasteiger partial charge is 0.462 e. The van der Waals surface area contributed by atoms with E-state index in [-0.39, 0.29) is 11.8 Å². The number of rotatable bonds is 6. The SMILES string of the molecule is CCCCOC(=O)c1ccc2nc(-c3ccc(F)cc3)c(N3CCCC3)nc2c1. The summed E-state index contributed by atoms with van der Waals surface area (Å²) in [5.74, 6) is 0.155. The van der Waals surface area contributed by atoms with E-state index < -0.39 is 0 Å². The molecule has 2 aromatic carbocycles. The Morgan fingerprint density at radius 2 is 1.83 bits per heavy atom. The number of nitrogens with zero attached hydrogens (tertiary/aromatic N) is 3. The third-order valence-corrected chi connectivity index (χ3v) is 5.14. The lowest BCUT2D eigenvalue weighted by atomic mass is 10.1. The van der Waals surface area contributed by atoms with E-state index in [9.17, 15) is 9.18 Å². The van der Waals surface area contributed by atoms with Crippen LogP contribution in [0.2, 0.25) is 0 Å². The summed E-state index contributed by atoms with van der Waals surface area (Å²) in [6.45, 7) is 4.29. The van der Waals surface area contributed by atoms with Gasteiger partial charge in [0.05, 0.1) is 23.2 Å². The molecular weight excluding hydrogens is 369 g/mol. The number of hydrogen-bond acceptors (Lipinski definition) is 5. The van der Waals surface area contributed by atoms with E-state index in [2.05, 4.69) is 11.8 Å². The number of halogens is 1. The summed E-state index contributed by atoms with van der Waals surface area (Å²) in [6.07, 6.45) is 4.03. The Labute approximate surface area is 169 Å². The molecule has 1 aliphatic rings. The van der Waals surface area contributed by atoms with Gasteiger partial charge in [-0.1, -0.05) is 13.3 Å². The first-order valence-electron chi connectivity index (χ1n) is 10.2. The zero-order chi connectivity index (χ0) is 20.2. The number of unbranched alkanes of at least 4 members (excludes halogenated alkanes) is 1. The van der Waals surface area contributed by atoms with Crippen LogP contribution in [0.3, 0.4) is 0 Å². The highest BCUT2D eigenvalue weighted by Gasteiger charge is 2.21. The maximum Gasteiger partial charge on any atom is 0.338 e. The lowest BCUT2D eigenvalue weighted by molar-refractivity contribution is 0.0500. The molecule has 3 aromatic rings. The van der Waals surface area contributed by atoms with Crippen molar-refractivity contribution in [1.82, 2.24) is 9.97 Å². The normalized spacial score (nSPS) is 13.8. The van der Waals surface area contributed by atoms with Crippen LogP contribution in [0, 0.1) is 5.82 Å². The van der Waals surface area contributed by atoms with E-state index in [1.54, 1.807) is 30.3 Å². The van der Waals surface area contributed by atoms with Crippen LogP contribution >= 0.6 is 0 Å². The number of carbonyl (C=O) groups is 1. The molecule has 0 radical (unpaired) electrons. The molecule has 0 spiro atoms. The van der Waals surface area contributed by atoms with Crippen molar-refractivity contribution in [3.63, 3.8) is 0 Å². The molecule has 0 N–H and O–H groups in total. The molecule has 0 atom stereocenters. The maximum absolute atomic E-state index is 13.4. The Hall–Kier alpha value is -3.02. The van der Waals surface area contributed by atoms with Gasteiger partial charge in [-0.05, 0) is 61.7 Å². The van der Waals surface area contributed by atoms with Crippen molar-refractivity contribution in [2.24, 2.45) is 0 Å². The molecule has 1 aliphatic heterocycles. The fourth-order valence-corrected chi connectivity index (χ4v) is 3.52. The number of anilines is 1. The van der Waals surface area contributed by atoms with Gasteiger partial charge in [0.25, 0.3) is 0 Å². The zero-order valence-electron chi connectivity index (χ0n) is 16.5. The van der Waals surface area contributed by atoms with Crippen molar-refractivity contribution in [1.29, 1.82) is 0 Å². The lowest BCUT2D eigenvalue weighted by Crippen LogP contribution is -2.20. The van der Waals surface area contributed by atoms with Crippen LogP contribution in [0.4, 0.5) is 10.2 Å². The minimum atomic E-state index is -0.340. The van der Waals surface area contributed by atoms with Gasteiger partial charge in [0.15, 0.2) is 5.82 Å². The zero-order valence-corrected chi connectivity index (χ0v) is 16.5. The lowest BCUT2D eigenvalue weighted by Gasteiger charge is -2.20. The van der Waals surface area contributed by atoms with Gasteiger partial charge in [-0.3, -0.25) is 0 Å². The molecule has 0 bridgehead atoms. The highest BCUT2D eigenvalue weighted by Crippen LogP contribution is 2.32. The summed E-state index contributed by atoms with van der Waals surface area (Å²) in [6, 6.07) is 11.6. The van der Waals surface area contributed by atoms with Crippen molar-refractivity contribution >= 4 is 22.8 Å². The average molecular weight is 393 g/mol. The van der Waals surface area contributed by atoms with Gasteiger partial charge in [-0.2, -0.15) is 0 Å². The summed E-state index contributed by atoms with van der Waals surface area (Å²) in [4.78, 5) is 24.2. The fourth-order valence-electron chi connectivity index (χ4n) is 3.52. The maximum atomic E-state index is 13.4. The van der Waals surface area contributed by atoms with Gasteiger partial charge >= 0.3 is 5.97 Å². The second-order valence-corrected chi connectivity index (χ2v) is 7.29. The molecule has 0 aliphatic carbocycles. The molecule has 6 heteroatoms. The topological polar surface area (TPSA) is 55.3 Å². The van der Waals surface area contributed by atoms with E-state index in [4.69, 9.17) is 14.7 Å². The number of carbonyl (C=O) groups excluding carboxylic acids is 1. The number of ether oxygens (including phenoxy) is 1. The van der Waals surface area contributed by atoms with Crippen molar-refractivity contribution in [3.8, 4) is 11.3 Å². The Balaban J connectivity index is 1.75. The molecule has 150 valence electrons. The Kier molecular flexibility index (Phi) is 5.69. The predicted molar refractivity (Wildman–Crippen MR) is 112 cm³/mol. The number of hydrogen-bond donors (Lipinski definition) is 0. The molecule has 1 aromatic heterocycles. The van der Waals surface area contributed by atoms with Gasteiger partial charge in [0, 0.05) is 18.7 Å². The summed E-state index contributed by atoms with van der Waals surface area (Å²) in [5.41, 5.74) is 3.38. The Morgan fingerprint density at radius 3 is 2.55 bits per heavy atom. The van der Waals surface area contributed by atoms with Crippen LogP contribution in [0.5, 0.6) is 0 Å². The third-order valence-electron chi connectivity index (χ3n) is 5.14. The third kappa shape index (κ3) is 4.21. The van der Waals surface area contributed by atoms with Crippen LogP contribution in [0.25, 0.3) is 22.3 Å². The Morgan fingerprint density at radius 1 is 1.07 bits per heavy atom. The van der Waals surface area contributed by atoms with Gasteiger partial charge in [-0.25, -0.2) is 19.2 Å². The van der Waals surface area contributed by atoms with E-state index in [0.29, 0.717) is 23.2 Å². The van der Waals surface area contributed by atoms with Crippen LogP contribution in [-0.4, -0.2) is 35.6 Å². The first-order valence-corrected chi connectivity index (χ1v) is 10.2. The van der Waals surface area contributed by atoms with E-state index in [1.807, 2.05) is 0 Å². The molecule has 0 unspecified atom stereocenters.